The molecule has 0 bridgehead atoms. The van der Waals surface area contributed by atoms with E-state index in [-0.39, 0.29) is 6.61 Å². The predicted molar refractivity (Wildman–Crippen MR) is 97.6 cm³/mol. The minimum Gasteiger partial charge on any atom is -0.394 e. The van der Waals surface area contributed by atoms with E-state index < -0.39 is 6.10 Å². The molecule has 1 aromatic carbocycles. The van der Waals surface area contributed by atoms with Gasteiger partial charge in [-0.1, -0.05) is 30.3 Å². The Bertz CT molecular complexity index is 841. The first kappa shape index (κ1) is 18.3. The fourth-order valence-electron chi connectivity index (χ4n) is 3.04. The summed E-state index contributed by atoms with van der Waals surface area (Å²) in [4.78, 5) is 4.53. The van der Waals surface area contributed by atoms with Gasteiger partial charge in [-0.15, -0.1) is 0 Å². The van der Waals surface area contributed by atoms with Gasteiger partial charge in [0.25, 0.3) is 0 Å². The molecular formula is C19H25N5O2. The lowest BCUT2D eigenvalue weighted by atomic mass is 10.1. The van der Waals surface area contributed by atoms with Crippen molar-refractivity contribution in [2.45, 2.75) is 45.9 Å². The highest BCUT2D eigenvalue weighted by Crippen LogP contribution is 2.19. The van der Waals surface area contributed by atoms with Crippen molar-refractivity contribution in [1.29, 1.82) is 0 Å². The number of aliphatic hydroxyl groups excluding tert-OH is 2. The van der Waals surface area contributed by atoms with E-state index in [2.05, 4.69) is 21.2 Å². The molecule has 3 rings (SSSR count). The molecular weight excluding hydrogens is 330 g/mol. The number of rotatable bonds is 8. The number of aryl methyl sites for hydroxylation is 4. The number of hydrogen-bond donors (Lipinski definition) is 2. The van der Waals surface area contributed by atoms with Gasteiger partial charge < -0.3 is 10.2 Å². The van der Waals surface area contributed by atoms with Crippen LogP contribution in [0.2, 0.25) is 0 Å². The number of hydrogen-bond acceptors (Lipinski definition) is 5. The highest BCUT2D eigenvalue weighted by atomic mass is 16.3. The normalized spacial score (nSPS) is 12.5. The van der Waals surface area contributed by atoms with Crippen LogP contribution in [0.4, 0.5) is 0 Å². The Labute approximate surface area is 152 Å². The molecule has 0 aliphatic carbocycles. The van der Waals surface area contributed by atoms with Crippen molar-refractivity contribution < 1.29 is 10.2 Å². The third-order valence-corrected chi connectivity index (χ3v) is 4.31. The van der Waals surface area contributed by atoms with Crippen LogP contribution in [0.3, 0.4) is 0 Å². The van der Waals surface area contributed by atoms with Gasteiger partial charge in [-0.3, -0.25) is 4.68 Å². The molecule has 0 saturated heterocycles. The van der Waals surface area contributed by atoms with Crippen molar-refractivity contribution in [3.63, 3.8) is 0 Å². The monoisotopic (exact) mass is 355 g/mol. The molecule has 0 saturated carbocycles. The third kappa shape index (κ3) is 4.17. The molecule has 0 aliphatic heterocycles. The van der Waals surface area contributed by atoms with Gasteiger partial charge in [0.05, 0.1) is 18.8 Å². The van der Waals surface area contributed by atoms with E-state index in [9.17, 15) is 10.2 Å². The summed E-state index contributed by atoms with van der Waals surface area (Å²) < 4.78 is 3.67. The Kier molecular flexibility index (Phi) is 5.80. The second kappa shape index (κ2) is 8.25. The van der Waals surface area contributed by atoms with Crippen LogP contribution < -0.4 is 0 Å². The standard InChI is InChI=1S/C19H25N5O2/c1-14-13-15(2)23(21-14)10-6-9-17-20-19(22-24(17)11-12-25)18(26)16-7-4-3-5-8-16/h3-5,7-8,13,18,25-26H,6,9-12H2,1-2H3/t18-/m0/s1. The molecule has 0 unspecified atom stereocenters. The van der Waals surface area contributed by atoms with E-state index in [0.29, 0.717) is 18.8 Å². The molecule has 0 radical (unpaired) electrons. The molecule has 0 aliphatic rings. The van der Waals surface area contributed by atoms with Gasteiger partial charge >= 0.3 is 0 Å². The fraction of sp³-hybridized carbons (Fsp3) is 0.421. The van der Waals surface area contributed by atoms with Gasteiger partial charge in [0.1, 0.15) is 11.9 Å². The van der Waals surface area contributed by atoms with Crippen LogP contribution in [-0.4, -0.2) is 41.4 Å². The Morgan fingerprint density at radius 2 is 1.81 bits per heavy atom. The lowest BCUT2D eigenvalue weighted by molar-refractivity contribution is 0.208. The van der Waals surface area contributed by atoms with Crippen molar-refractivity contribution in [1.82, 2.24) is 24.5 Å². The number of benzene rings is 1. The zero-order valence-corrected chi connectivity index (χ0v) is 15.2. The van der Waals surface area contributed by atoms with E-state index in [1.54, 1.807) is 4.68 Å². The maximum atomic E-state index is 10.5. The fourth-order valence-corrected chi connectivity index (χ4v) is 3.04. The summed E-state index contributed by atoms with van der Waals surface area (Å²) in [6.07, 6.45) is 0.686. The SMILES string of the molecule is Cc1cc(C)n(CCCc2nc([C@@H](O)c3ccccc3)nn2CCO)n1. The summed E-state index contributed by atoms with van der Waals surface area (Å²) in [5.41, 5.74) is 2.90. The van der Waals surface area contributed by atoms with Crippen molar-refractivity contribution in [2.75, 3.05) is 6.61 Å². The highest BCUT2D eigenvalue weighted by molar-refractivity contribution is 5.22. The maximum Gasteiger partial charge on any atom is 0.183 e. The van der Waals surface area contributed by atoms with Crippen LogP contribution in [-0.2, 0) is 19.5 Å². The lowest BCUT2D eigenvalue weighted by Gasteiger charge is -2.05. The molecule has 0 spiro atoms. The number of aliphatic hydroxyl groups is 2. The minimum absolute atomic E-state index is 0.0192. The first-order chi connectivity index (χ1) is 12.6. The Morgan fingerprint density at radius 1 is 1.04 bits per heavy atom. The first-order valence-electron chi connectivity index (χ1n) is 8.87. The third-order valence-electron chi connectivity index (χ3n) is 4.31. The number of nitrogens with zero attached hydrogens (tertiary/aromatic N) is 5. The molecule has 1 atom stereocenters. The van der Waals surface area contributed by atoms with Crippen molar-refractivity contribution in [3.8, 4) is 0 Å². The van der Waals surface area contributed by atoms with Crippen molar-refractivity contribution in [2.24, 2.45) is 0 Å². The lowest BCUT2D eigenvalue weighted by Crippen LogP contribution is -2.11. The van der Waals surface area contributed by atoms with Crippen LogP contribution in [0.25, 0.3) is 0 Å². The predicted octanol–water partition coefficient (Wildman–Crippen LogP) is 1.80. The van der Waals surface area contributed by atoms with Crippen LogP contribution in [0.1, 0.15) is 41.1 Å². The first-order valence-corrected chi connectivity index (χ1v) is 8.87. The zero-order valence-electron chi connectivity index (χ0n) is 15.2. The molecule has 0 amide bonds. The average Bonchev–Trinajstić information content (AvgIpc) is 3.18. The smallest absolute Gasteiger partial charge is 0.183 e. The van der Waals surface area contributed by atoms with Gasteiger partial charge in [0, 0.05) is 18.7 Å². The molecule has 0 fully saturated rings. The molecule has 26 heavy (non-hydrogen) atoms. The molecule has 3 aromatic rings. The van der Waals surface area contributed by atoms with E-state index in [1.165, 1.54) is 0 Å². The summed E-state index contributed by atoms with van der Waals surface area (Å²) in [5, 5.41) is 28.7. The minimum atomic E-state index is -0.870. The summed E-state index contributed by atoms with van der Waals surface area (Å²) in [6, 6.07) is 11.4. The highest BCUT2D eigenvalue weighted by Gasteiger charge is 2.18. The molecule has 138 valence electrons. The van der Waals surface area contributed by atoms with Crippen LogP contribution in [0, 0.1) is 13.8 Å². The van der Waals surface area contributed by atoms with E-state index >= 15 is 0 Å². The largest absolute Gasteiger partial charge is 0.394 e. The summed E-state index contributed by atoms with van der Waals surface area (Å²) in [6.45, 7) is 5.17. The van der Waals surface area contributed by atoms with Crippen molar-refractivity contribution >= 4 is 0 Å². The van der Waals surface area contributed by atoms with E-state index in [0.717, 1.165) is 35.7 Å². The second-order valence-corrected chi connectivity index (χ2v) is 6.40. The molecule has 2 N–H and O–H groups in total. The molecule has 2 heterocycles. The molecule has 2 aromatic heterocycles. The molecule has 7 nitrogen and oxygen atoms in total. The Balaban J connectivity index is 1.71. The van der Waals surface area contributed by atoms with Gasteiger partial charge in [0.2, 0.25) is 0 Å². The summed E-state index contributed by atoms with van der Waals surface area (Å²) in [7, 11) is 0. The van der Waals surface area contributed by atoms with Gasteiger partial charge in [-0.05, 0) is 31.9 Å². The van der Waals surface area contributed by atoms with E-state index in [4.69, 9.17) is 0 Å². The molecule has 7 heteroatoms. The van der Waals surface area contributed by atoms with Gasteiger partial charge in [0.15, 0.2) is 5.82 Å². The summed E-state index contributed by atoms with van der Waals surface area (Å²) in [5.74, 6) is 1.14. The quantitative estimate of drug-likeness (QED) is 0.643. The van der Waals surface area contributed by atoms with Gasteiger partial charge in [-0.2, -0.15) is 10.2 Å². The average molecular weight is 355 g/mol. The maximum absolute atomic E-state index is 10.5. The Morgan fingerprint density at radius 3 is 2.46 bits per heavy atom. The van der Waals surface area contributed by atoms with Crippen molar-refractivity contribution in [3.05, 3.63) is 65.0 Å². The summed E-state index contributed by atoms with van der Waals surface area (Å²) >= 11 is 0. The zero-order chi connectivity index (χ0) is 18.5. The van der Waals surface area contributed by atoms with E-state index in [1.807, 2.05) is 48.9 Å². The second-order valence-electron chi connectivity index (χ2n) is 6.40. The Hall–Kier alpha value is -2.51. The van der Waals surface area contributed by atoms with Crippen LogP contribution in [0.5, 0.6) is 0 Å². The van der Waals surface area contributed by atoms with Crippen LogP contribution in [0.15, 0.2) is 36.4 Å². The number of aromatic nitrogens is 5. The topological polar surface area (TPSA) is 89.0 Å². The van der Waals surface area contributed by atoms with Crippen LogP contribution >= 0.6 is 0 Å². The van der Waals surface area contributed by atoms with Gasteiger partial charge in [-0.25, -0.2) is 9.67 Å².